The Hall–Kier alpha value is -1.69. The molecule has 1 aromatic rings. The predicted octanol–water partition coefficient (Wildman–Crippen LogP) is 2.32. The second-order valence-corrected chi connectivity index (χ2v) is 5.32. The van der Waals surface area contributed by atoms with E-state index >= 15 is 0 Å². The third kappa shape index (κ3) is 3.25. The standard InChI is InChI=1S/C14H20N4OS/c1-3-4-5-6-12(19)18-9-7-11(8-10-18)13-15-16-14(20)17(13)2/h3-6,11H,7-10H2,1-2H3,(H,16,20)/b4-3+,6-5+. The lowest BCUT2D eigenvalue weighted by molar-refractivity contribution is -0.127. The van der Waals surface area contributed by atoms with Crippen molar-refractivity contribution in [2.75, 3.05) is 13.1 Å². The molecule has 5 nitrogen and oxygen atoms in total. The van der Waals surface area contributed by atoms with Gasteiger partial charge in [0, 0.05) is 32.1 Å². The number of carbonyl (C=O) groups excluding carboxylic acids is 1. The molecule has 0 unspecified atom stereocenters. The van der Waals surface area contributed by atoms with Gasteiger partial charge in [-0.25, -0.2) is 0 Å². The molecule has 6 heteroatoms. The van der Waals surface area contributed by atoms with Gasteiger partial charge in [0.25, 0.3) is 0 Å². The molecule has 0 atom stereocenters. The Morgan fingerprint density at radius 3 is 2.65 bits per heavy atom. The van der Waals surface area contributed by atoms with Crippen LogP contribution in [0, 0.1) is 4.77 Å². The molecule has 0 aliphatic carbocycles. The minimum absolute atomic E-state index is 0.0805. The van der Waals surface area contributed by atoms with E-state index in [2.05, 4.69) is 10.2 Å². The summed E-state index contributed by atoms with van der Waals surface area (Å²) in [4.78, 5) is 13.8. The molecule has 1 fully saturated rings. The number of rotatable bonds is 3. The molecule has 0 bridgehead atoms. The summed E-state index contributed by atoms with van der Waals surface area (Å²) in [6, 6.07) is 0. The van der Waals surface area contributed by atoms with E-state index in [1.165, 1.54) is 0 Å². The highest BCUT2D eigenvalue weighted by atomic mass is 32.1. The van der Waals surface area contributed by atoms with E-state index in [0.717, 1.165) is 31.8 Å². The summed E-state index contributed by atoms with van der Waals surface area (Å²) in [5.41, 5.74) is 0. The van der Waals surface area contributed by atoms with E-state index in [1.807, 2.05) is 35.6 Å². The van der Waals surface area contributed by atoms with Crippen LogP contribution in [0.3, 0.4) is 0 Å². The maximum absolute atomic E-state index is 11.9. The summed E-state index contributed by atoms with van der Waals surface area (Å²) in [6.45, 7) is 3.46. The molecule has 0 aromatic carbocycles. The minimum atomic E-state index is 0.0805. The third-order valence-electron chi connectivity index (χ3n) is 3.63. The van der Waals surface area contributed by atoms with Gasteiger partial charge in [0.15, 0.2) is 4.77 Å². The average Bonchev–Trinajstić information content (AvgIpc) is 2.79. The average molecular weight is 292 g/mol. The van der Waals surface area contributed by atoms with Gasteiger partial charge in [0.2, 0.25) is 5.91 Å². The summed E-state index contributed by atoms with van der Waals surface area (Å²) < 4.78 is 2.57. The fourth-order valence-corrected chi connectivity index (χ4v) is 2.58. The van der Waals surface area contributed by atoms with E-state index in [9.17, 15) is 4.79 Å². The van der Waals surface area contributed by atoms with Gasteiger partial charge in [0.1, 0.15) is 5.82 Å². The van der Waals surface area contributed by atoms with Crippen LogP contribution in [0.5, 0.6) is 0 Å². The number of aromatic nitrogens is 3. The molecule has 1 saturated heterocycles. The highest BCUT2D eigenvalue weighted by Crippen LogP contribution is 2.26. The van der Waals surface area contributed by atoms with Gasteiger partial charge >= 0.3 is 0 Å². The van der Waals surface area contributed by atoms with Crippen LogP contribution in [0.15, 0.2) is 24.3 Å². The normalized spacial score (nSPS) is 17.4. The minimum Gasteiger partial charge on any atom is -0.339 e. The SMILES string of the molecule is C/C=C/C=C/C(=O)N1CCC(c2n[nH]c(=S)n2C)CC1. The molecule has 2 rings (SSSR count). The number of hydrogen-bond acceptors (Lipinski definition) is 3. The molecule has 1 N–H and O–H groups in total. The van der Waals surface area contributed by atoms with E-state index in [1.54, 1.807) is 12.2 Å². The molecule has 1 aromatic heterocycles. The van der Waals surface area contributed by atoms with E-state index in [-0.39, 0.29) is 5.91 Å². The van der Waals surface area contributed by atoms with Crippen LogP contribution < -0.4 is 0 Å². The summed E-state index contributed by atoms with van der Waals surface area (Å²) in [5.74, 6) is 1.44. The molecular formula is C14H20N4OS. The Morgan fingerprint density at radius 1 is 1.40 bits per heavy atom. The maximum Gasteiger partial charge on any atom is 0.246 e. The second kappa shape index (κ2) is 6.65. The molecule has 1 aliphatic heterocycles. The monoisotopic (exact) mass is 292 g/mol. The van der Waals surface area contributed by atoms with E-state index in [4.69, 9.17) is 12.2 Å². The summed E-state index contributed by atoms with van der Waals surface area (Å²) in [5, 5.41) is 7.11. The van der Waals surface area contributed by atoms with Crippen molar-refractivity contribution in [2.24, 2.45) is 7.05 Å². The van der Waals surface area contributed by atoms with Crippen molar-refractivity contribution in [3.05, 3.63) is 34.9 Å². The fourth-order valence-electron chi connectivity index (χ4n) is 2.44. The first kappa shape index (κ1) is 14.7. The lowest BCUT2D eigenvalue weighted by atomic mass is 9.96. The molecule has 2 heterocycles. The zero-order chi connectivity index (χ0) is 14.5. The van der Waals surface area contributed by atoms with Crippen molar-refractivity contribution in [2.45, 2.75) is 25.7 Å². The van der Waals surface area contributed by atoms with Gasteiger partial charge in [-0.15, -0.1) is 0 Å². The largest absolute Gasteiger partial charge is 0.339 e. The Kier molecular flexibility index (Phi) is 4.89. The van der Waals surface area contributed by atoms with Gasteiger partial charge in [-0.05, 0) is 32.0 Å². The zero-order valence-corrected chi connectivity index (χ0v) is 12.7. The van der Waals surface area contributed by atoms with Crippen LogP contribution in [-0.4, -0.2) is 38.7 Å². The number of amides is 1. The number of piperidine rings is 1. The molecule has 1 amide bonds. The second-order valence-electron chi connectivity index (χ2n) is 4.93. The van der Waals surface area contributed by atoms with Gasteiger partial charge in [-0.1, -0.05) is 18.2 Å². The van der Waals surface area contributed by atoms with Crippen molar-refractivity contribution >= 4 is 18.1 Å². The molecule has 0 radical (unpaired) electrons. The highest BCUT2D eigenvalue weighted by Gasteiger charge is 2.25. The number of likely N-dealkylation sites (tertiary alicyclic amines) is 1. The Balaban J connectivity index is 1.94. The predicted molar refractivity (Wildman–Crippen MR) is 80.9 cm³/mol. The van der Waals surface area contributed by atoms with E-state index in [0.29, 0.717) is 10.7 Å². The van der Waals surface area contributed by atoms with Crippen molar-refractivity contribution in [1.29, 1.82) is 0 Å². The van der Waals surface area contributed by atoms with Gasteiger partial charge in [-0.2, -0.15) is 5.10 Å². The van der Waals surface area contributed by atoms with Gasteiger partial charge < -0.3 is 9.47 Å². The van der Waals surface area contributed by atoms with Crippen molar-refractivity contribution in [3.8, 4) is 0 Å². The summed E-state index contributed by atoms with van der Waals surface area (Å²) in [6.07, 6.45) is 9.02. The van der Waals surface area contributed by atoms with Crippen LogP contribution in [0.2, 0.25) is 0 Å². The maximum atomic E-state index is 11.9. The van der Waals surface area contributed by atoms with Crippen LogP contribution in [-0.2, 0) is 11.8 Å². The van der Waals surface area contributed by atoms with Crippen molar-refractivity contribution < 1.29 is 4.79 Å². The fraction of sp³-hybridized carbons (Fsp3) is 0.500. The number of hydrogen-bond donors (Lipinski definition) is 1. The molecule has 1 aliphatic rings. The Morgan fingerprint density at radius 2 is 2.10 bits per heavy atom. The zero-order valence-electron chi connectivity index (χ0n) is 11.9. The Bertz CT molecular complexity index is 576. The number of H-pyrrole nitrogens is 1. The van der Waals surface area contributed by atoms with Crippen molar-refractivity contribution in [3.63, 3.8) is 0 Å². The van der Waals surface area contributed by atoms with Crippen LogP contribution >= 0.6 is 12.2 Å². The number of nitrogens with one attached hydrogen (secondary N) is 1. The smallest absolute Gasteiger partial charge is 0.246 e. The van der Waals surface area contributed by atoms with E-state index < -0.39 is 0 Å². The quantitative estimate of drug-likeness (QED) is 0.528. The molecule has 0 saturated carbocycles. The van der Waals surface area contributed by atoms with Crippen LogP contribution in [0.1, 0.15) is 31.5 Å². The van der Waals surface area contributed by atoms with Gasteiger partial charge in [0.05, 0.1) is 0 Å². The number of nitrogens with zero attached hydrogens (tertiary/aromatic N) is 3. The third-order valence-corrected chi connectivity index (χ3v) is 3.99. The first-order valence-electron chi connectivity index (χ1n) is 6.83. The first-order valence-corrected chi connectivity index (χ1v) is 7.24. The lowest BCUT2D eigenvalue weighted by Gasteiger charge is -2.30. The lowest BCUT2D eigenvalue weighted by Crippen LogP contribution is -2.37. The molecule has 0 spiro atoms. The van der Waals surface area contributed by atoms with Crippen molar-refractivity contribution in [1.82, 2.24) is 19.7 Å². The topological polar surface area (TPSA) is 53.9 Å². The molecule has 20 heavy (non-hydrogen) atoms. The molecular weight excluding hydrogens is 272 g/mol. The summed E-state index contributed by atoms with van der Waals surface area (Å²) in [7, 11) is 1.93. The number of allylic oxidation sites excluding steroid dienone is 3. The number of aromatic amines is 1. The number of carbonyl (C=O) groups is 1. The van der Waals surface area contributed by atoms with Crippen LogP contribution in [0.4, 0.5) is 0 Å². The Labute approximate surface area is 124 Å². The highest BCUT2D eigenvalue weighted by molar-refractivity contribution is 7.71. The summed E-state index contributed by atoms with van der Waals surface area (Å²) >= 11 is 5.13. The molecule has 108 valence electrons. The first-order chi connectivity index (χ1) is 9.63. The van der Waals surface area contributed by atoms with Gasteiger partial charge in [-0.3, -0.25) is 9.89 Å². The van der Waals surface area contributed by atoms with Crippen LogP contribution in [0.25, 0.3) is 0 Å².